The van der Waals surface area contributed by atoms with Gasteiger partial charge in [0, 0.05) is 36.7 Å². The average molecular weight is 327 g/mol. The van der Waals surface area contributed by atoms with Crippen LogP contribution in [-0.2, 0) is 0 Å². The van der Waals surface area contributed by atoms with Gasteiger partial charge in [-0.05, 0) is 24.6 Å². The highest BCUT2D eigenvalue weighted by atomic mass is 79.9. The molecule has 1 aromatic rings. The van der Waals surface area contributed by atoms with E-state index in [4.69, 9.17) is 4.74 Å². The quantitative estimate of drug-likeness (QED) is 0.869. The van der Waals surface area contributed by atoms with E-state index in [1.165, 1.54) is 12.8 Å². The maximum Gasteiger partial charge on any atom is 0.120 e. The number of nitrogens with one attached hydrogen (secondary N) is 1. The van der Waals surface area contributed by atoms with Gasteiger partial charge in [-0.25, -0.2) is 0 Å². The Bertz CT molecular complexity index is 384. The Morgan fingerprint density at radius 3 is 3.16 bits per heavy atom. The lowest BCUT2D eigenvalue weighted by molar-refractivity contribution is 0.127. The van der Waals surface area contributed by atoms with Crippen molar-refractivity contribution in [2.45, 2.75) is 25.8 Å². The molecule has 0 amide bonds. The van der Waals surface area contributed by atoms with Gasteiger partial charge in [-0.15, -0.1) is 0 Å². The molecule has 0 saturated carbocycles. The van der Waals surface area contributed by atoms with E-state index in [0.717, 1.165) is 43.0 Å². The molecule has 1 saturated heterocycles. The number of ether oxygens (including phenoxy) is 1. The first-order valence-electron chi connectivity index (χ1n) is 7.12. The molecule has 1 aromatic carbocycles. The Kier molecular flexibility index (Phi) is 6.14. The monoisotopic (exact) mass is 326 g/mol. The fourth-order valence-corrected chi connectivity index (χ4v) is 2.93. The maximum absolute atomic E-state index is 5.82. The fourth-order valence-electron chi connectivity index (χ4n) is 2.55. The van der Waals surface area contributed by atoms with Crippen molar-refractivity contribution in [3.05, 3.63) is 28.7 Å². The minimum atomic E-state index is 0.671. The summed E-state index contributed by atoms with van der Waals surface area (Å²) in [5.41, 5.74) is 0. The summed E-state index contributed by atoms with van der Waals surface area (Å²) in [6, 6.07) is 8.71. The number of halogens is 1. The van der Waals surface area contributed by atoms with Crippen molar-refractivity contribution in [1.29, 1.82) is 0 Å². The van der Waals surface area contributed by atoms with E-state index in [1.807, 2.05) is 24.3 Å². The molecule has 1 unspecified atom stereocenters. The lowest BCUT2D eigenvalue weighted by Gasteiger charge is -2.36. The van der Waals surface area contributed by atoms with Crippen molar-refractivity contribution in [1.82, 2.24) is 10.2 Å². The molecule has 1 atom stereocenters. The highest BCUT2D eigenvalue weighted by Gasteiger charge is 2.20. The zero-order valence-corrected chi connectivity index (χ0v) is 13.2. The highest BCUT2D eigenvalue weighted by molar-refractivity contribution is 9.10. The van der Waals surface area contributed by atoms with Crippen LogP contribution in [0, 0.1) is 0 Å². The first-order chi connectivity index (χ1) is 9.29. The molecule has 1 aliphatic heterocycles. The molecule has 3 nitrogen and oxygen atoms in total. The summed E-state index contributed by atoms with van der Waals surface area (Å²) in [5, 5.41) is 3.48. The van der Waals surface area contributed by atoms with Gasteiger partial charge in [0.15, 0.2) is 0 Å². The standard InChI is InChI=1S/C15H23BrN2O/c1-2-4-14-12-17-7-8-18(14)9-10-19-15-6-3-5-13(16)11-15/h3,5-6,11,14,17H,2,4,7-10,12H2,1H3. The second kappa shape index (κ2) is 7.88. The summed E-state index contributed by atoms with van der Waals surface area (Å²) in [6.07, 6.45) is 2.51. The van der Waals surface area contributed by atoms with Crippen LogP contribution >= 0.6 is 15.9 Å². The number of piperazine rings is 1. The van der Waals surface area contributed by atoms with Gasteiger partial charge >= 0.3 is 0 Å². The minimum absolute atomic E-state index is 0.671. The lowest BCUT2D eigenvalue weighted by Crippen LogP contribution is -2.52. The molecule has 0 bridgehead atoms. The largest absolute Gasteiger partial charge is 0.492 e. The van der Waals surface area contributed by atoms with E-state index in [2.05, 4.69) is 33.1 Å². The summed E-state index contributed by atoms with van der Waals surface area (Å²) in [4.78, 5) is 2.55. The Morgan fingerprint density at radius 2 is 2.37 bits per heavy atom. The lowest BCUT2D eigenvalue weighted by atomic mass is 10.1. The van der Waals surface area contributed by atoms with Crippen molar-refractivity contribution in [2.75, 3.05) is 32.8 Å². The Labute approximate surface area is 124 Å². The number of benzene rings is 1. The van der Waals surface area contributed by atoms with Crippen LogP contribution in [0.3, 0.4) is 0 Å². The van der Waals surface area contributed by atoms with E-state index in [0.29, 0.717) is 6.04 Å². The zero-order valence-electron chi connectivity index (χ0n) is 11.6. The van der Waals surface area contributed by atoms with E-state index in [9.17, 15) is 0 Å². The van der Waals surface area contributed by atoms with Crippen molar-refractivity contribution < 1.29 is 4.74 Å². The Balaban J connectivity index is 1.77. The molecule has 0 aromatic heterocycles. The van der Waals surface area contributed by atoms with Crippen molar-refractivity contribution in [2.24, 2.45) is 0 Å². The van der Waals surface area contributed by atoms with Gasteiger partial charge in [-0.2, -0.15) is 0 Å². The van der Waals surface area contributed by atoms with Gasteiger partial charge in [0.1, 0.15) is 12.4 Å². The number of nitrogens with zero attached hydrogens (tertiary/aromatic N) is 1. The molecule has 0 aliphatic carbocycles. The van der Waals surface area contributed by atoms with Crippen LogP contribution in [0.4, 0.5) is 0 Å². The van der Waals surface area contributed by atoms with Crippen LogP contribution in [-0.4, -0.2) is 43.7 Å². The Morgan fingerprint density at radius 1 is 1.47 bits per heavy atom. The fraction of sp³-hybridized carbons (Fsp3) is 0.600. The van der Waals surface area contributed by atoms with Crippen molar-refractivity contribution in [3.63, 3.8) is 0 Å². The normalized spacial score (nSPS) is 20.4. The van der Waals surface area contributed by atoms with Gasteiger partial charge in [0.25, 0.3) is 0 Å². The Hall–Kier alpha value is -0.580. The van der Waals surface area contributed by atoms with Gasteiger partial charge in [0.05, 0.1) is 0 Å². The topological polar surface area (TPSA) is 24.5 Å². The molecular formula is C15H23BrN2O. The molecule has 19 heavy (non-hydrogen) atoms. The molecule has 1 aliphatic rings. The first kappa shape index (κ1) is 14.8. The third-order valence-electron chi connectivity index (χ3n) is 3.54. The van der Waals surface area contributed by atoms with Crippen molar-refractivity contribution >= 4 is 15.9 Å². The summed E-state index contributed by atoms with van der Waals surface area (Å²) >= 11 is 3.46. The highest BCUT2D eigenvalue weighted by Crippen LogP contribution is 2.18. The van der Waals surface area contributed by atoms with Gasteiger partial charge in [-0.3, -0.25) is 4.90 Å². The predicted molar refractivity (Wildman–Crippen MR) is 82.8 cm³/mol. The molecular weight excluding hydrogens is 304 g/mol. The second-order valence-electron chi connectivity index (χ2n) is 4.99. The molecule has 0 spiro atoms. The van der Waals surface area contributed by atoms with Crippen molar-refractivity contribution in [3.8, 4) is 5.75 Å². The van der Waals surface area contributed by atoms with Gasteiger partial charge < -0.3 is 10.1 Å². The molecule has 1 N–H and O–H groups in total. The molecule has 106 valence electrons. The zero-order chi connectivity index (χ0) is 13.5. The van der Waals surface area contributed by atoms with Gasteiger partial charge in [0.2, 0.25) is 0 Å². The number of rotatable bonds is 6. The van der Waals surface area contributed by atoms with Crippen LogP contribution in [0.5, 0.6) is 5.75 Å². The third-order valence-corrected chi connectivity index (χ3v) is 4.03. The van der Waals surface area contributed by atoms with Crippen LogP contribution in [0.25, 0.3) is 0 Å². The first-order valence-corrected chi connectivity index (χ1v) is 7.92. The average Bonchev–Trinajstić information content (AvgIpc) is 2.41. The van der Waals surface area contributed by atoms with Gasteiger partial charge in [-0.1, -0.05) is 35.3 Å². The molecule has 1 heterocycles. The number of hydrogen-bond donors (Lipinski definition) is 1. The van der Waals surface area contributed by atoms with Crippen LogP contribution in [0.1, 0.15) is 19.8 Å². The minimum Gasteiger partial charge on any atom is -0.492 e. The van der Waals surface area contributed by atoms with E-state index < -0.39 is 0 Å². The van der Waals surface area contributed by atoms with Crippen LogP contribution in [0.2, 0.25) is 0 Å². The molecule has 1 fully saturated rings. The van der Waals surface area contributed by atoms with Crippen LogP contribution < -0.4 is 10.1 Å². The summed E-state index contributed by atoms with van der Waals surface area (Å²) in [6.45, 7) is 7.37. The van der Waals surface area contributed by atoms with Crippen LogP contribution in [0.15, 0.2) is 28.7 Å². The molecule has 2 rings (SSSR count). The third kappa shape index (κ3) is 4.79. The summed E-state index contributed by atoms with van der Waals surface area (Å²) in [5.74, 6) is 0.941. The van der Waals surface area contributed by atoms with E-state index >= 15 is 0 Å². The number of hydrogen-bond acceptors (Lipinski definition) is 3. The summed E-state index contributed by atoms with van der Waals surface area (Å²) < 4.78 is 6.89. The predicted octanol–water partition coefficient (Wildman–Crippen LogP) is 2.90. The summed E-state index contributed by atoms with van der Waals surface area (Å²) in [7, 11) is 0. The SMILES string of the molecule is CCCC1CNCCN1CCOc1cccc(Br)c1. The second-order valence-corrected chi connectivity index (χ2v) is 5.90. The maximum atomic E-state index is 5.82. The molecule has 0 radical (unpaired) electrons. The van der Waals surface area contributed by atoms with E-state index in [1.54, 1.807) is 0 Å². The molecule has 4 heteroatoms. The van der Waals surface area contributed by atoms with E-state index in [-0.39, 0.29) is 0 Å². The smallest absolute Gasteiger partial charge is 0.120 e.